The molecule has 0 atom stereocenters. The number of amides is 1. The number of hydrogen-bond donors (Lipinski definition) is 1. The van der Waals surface area contributed by atoms with Gasteiger partial charge < -0.3 is 19.0 Å². The van der Waals surface area contributed by atoms with Crippen molar-refractivity contribution in [1.29, 1.82) is 0 Å². The van der Waals surface area contributed by atoms with Crippen molar-refractivity contribution in [2.75, 3.05) is 18.2 Å². The Morgan fingerprint density at radius 3 is 3.00 bits per heavy atom. The van der Waals surface area contributed by atoms with E-state index in [-0.39, 0.29) is 11.7 Å². The lowest BCUT2D eigenvalue weighted by Gasteiger charge is -2.09. The SMILES string of the molecule is COc1ccccc1NC(=O)CSc1nncn1Cc1ccco1. The summed E-state index contributed by atoms with van der Waals surface area (Å²) in [4.78, 5) is 12.1. The molecule has 0 spiro atoms. The van der Waals surface area contributed by atoms with Crippen LogP contribution in [-0.4, -0.2) is 33.5 Å². The molecule has 0 aliphatic carbocycles. The summed E-state index contributed by atoms with van der Waals surface area (Å²) in [6.07, 6.45) is 3.23. The van der Waals surface area contributed by atoms with Crippen LogP contribution >= 0.6 is 11.8 Å². The molecule has 124 valence electrons. The van der Waals surface area contributed by atoms with Crippen molar-refractivity contribution in [2.24, 2.45) is 0 Å². The maximum absolute atomic E-state index is 12.1. The lowest BCUT2D eigenvalue weighted by atomic mass is 10.3. The molecule has 0 aliphatic rings. The Bertz CT molecular complexity index is 801. The van der Waals surface area contributed by atoms with Gasteiger partial charge >= 0.3 is 0 Å². The van der Waals surface area contributed by atoms with Gasteiger partial charge in [0.2, 0.25) is 5.91 Å². The van der Waals surface area contributed by atoms with Crippen molar-refractivity contribution in [1.82, 2.24) is 14.8 Å². The first kappa shape index (κ1) is 16.1. The molecule has 0 aliphatic heterocycles. The smallest absolute Gasteiger partial charge is 0.234 e. The summed E-state index contributed by atoms with van der Waals surface area (Å²) >= 11 is 1.31. The molecule has 3 aromatic rings. The number of thioether (sulfide) groups is 1. The van der Waals surface area contributed by atoms with Gasteiger partial charge in [-0.2, -0.15) is 0 Å². The van der Waals surface area contributed by atoms with Crippen molar-refractivity contribution in [2.45, 2.75) is 11.7 Å². The van der Waals surface area contributed by atoms with E-state index in [1.807, 2.05) is 28.8 Å². The Hall–Kier alpha value is -2.74. The van der Waals surface area contributed by atoms with Crippen LogP contribution in [0.5, 0.6) is 5.75 Å². The number of para-hydroxylation sites is 2. The zero-order chi connectivity index (χ0) is 16.8. The molecular formula is C16H16N4O3S. The van der Waals surface area contributed by atoms with Crippen LogP contribution in [0.15, 0.2) is 58.6 Å². The molecule has 24 heavy (non-hydrogen) atoms. The van der Waals surface area contributed by atoms with Gasteiger partial charge in [-0.1, -0.05) is 23.9 Å². The number of carbonyl (C=O) groups excluding carboxylic acids is 1. The molecule has 0 saturated heterocycles. The van der Waals surface area contributed by atoms with E-state index in [1.54, 1.807) is 31.8 Å². The number of furan rings is 1. The van der Waals surface area contributed by atoms with E-state index in [1.165, 1.54) is 11.8 Å². The van der Waals surface area contributed by atoms with Crippen LogP contribution in [0.3, 0.4) is 0 Å². The second-order valence-electron chi connectivity index (χ2n) is 4.86. The summed E-state index contributed by atoms with van der Waals surface area (Å²) < 4.78 is 12.4. The number of methoxy groups -OCH3 is 1. The highest BCUT2D eigenvalue weighted by Gasteiger charge is 2.11. The number of ether oxygens (including phenoxy) is 1. The van der Waals surface area contributed by atoms with Crippen molar-refractivity contribution in [3.05, 3.63) is 54.7 Å². The van der Waals surface area contributed by atoms with Crippen LogP contribution in [-0.2, 0) is 11.3 Å². The first-order chi connectivity index (χ1) is 11.8. The Kier molecular flexibility index (Phi) is 5.17. The molecule has 7 nitrogen and oxygen atoms in total. The average Bonchev–Trinajstić information content (AvgIpc) is 3.26. The van der Waals surface area contributed by atoms with Crippen molar-refractivity contribution in [3.63, 3.8) is 0 Å². The van der Waals surface area contributed by atoms with E-state index in [0.29, 0.717) is 23.1 Å². The van der Waals surface area contributed by atoms with Crippen LogP contribution < -0.4 is 10.1 Å². The summed E-state index contributed by atoms with van der Waals surface area (Å²) in [5, 5.41) is 11.4. The molecule has 1 N–H and O–H groups in total. The minimum Gasteiger partial charge on any atom is -0.495 e. The zero-order valence-corrected chi connectivity index (χ0v) is 13.8. The topological polar surface area (TPSA) is 82.2 Å². The Morgan fingerprint density at radius 1 is 1.33 bits per heavy atom. The Labute approximate surface area is 143 Å². The van der Waals surface area contributed by atoms with Gasteiger partial charge in [0.15, 0.2) is 5.16 Å². The fraction of sp³-hybridized carbons (Fsp3) is 0.188. The van der Waals surface area contributed by atoms with Crippen LogP contribution in [0.2, 0.25) is 0 Å². The van der Waals surface area contributed by atoms with E-state index in [9.17, 15) is 4.79 Å². The van der Waals surface area contributed by atoms with Crippen LogP contribution in [0, 0.1) is 0 Å². The van der Waals surface area contributed by atoms with Crippen molar-refractivity contribution in [3.8, 4) is 5.75 Å². The van der Waals surface area contributed by atoms with E-state index >= 15 is 0 Å². The number of hydrogen-bond acceptors (Lipinski definition) is 6. The molecule has 0 fully saturated rings. The summed E-state index contributed by atoms with van der Waals surface area (Å²) in [5.74, 6) is 1.50. The van der Waals surface area contributed by atoms with Crippen LogP contribution in [0.1, 0.15) is 5.76 Å². The largest absolute Gasteiger partial charge is 0.495 e. The van der Waals surface area contributed by atoms with E-state index in [2.05, 4.69) is 15.5 Å². The van der Waals surface area contributed by atoms with Gasteiger partial charge in [0.05, 0.1) is 31.4 Å². The van der Waals surface area contributed by atoms with Gasteiger partial charge in [-0.3, -0.25) is 4.79 Å². The molecule has 0 unspecified atom stereocenters. The summed E-state index contributed by atoms with van der Waals surface area (Å²) in [6, 6.07) is 11.0. The maximum Gasteiger partial charge on any atom is 0.234 e. The molecule has 0 bridgehead atoms. The van der Waals surface area contributed by atoms with E-state index in [0.717, 1.165) is 5.76 Å². The van der Waals surface area contributed by atoms with E-state index < -0.39 is 0 Å². The molecule has 1 aromatic carbocycles. The van der Waals surface area contributed by atoms with Gasteiger partial charge in [-0.05, 0) is 24.3 Å². The van der Waals surface area contributed by atoms with E-state index in [4.69, 9.17) is 9.15 Å². The van der Waals surface area contributed by atoms with Crippen LogP contribution in [0.4, 0.5) is 5.69 Å². The molecule has 8 heteroatoms. The predicted octanol–water partition coefficient (Wildman–Crippen LogP) is 2.66. The number of nitrogens with zero attached hydrogens (tertiary/aromatic N) is 3. The monoisotopic (exact) mass is 344 g/mol. The van der Waals surface area contributed by atoms with Gasteiger partial charge in [0.25, 0.3) is 0 Å². The zero-order valence-electron chi connectivity index (χ0n) is 13.0. The highest BCUT2D eigenvalue weighted by atomic mass is 32.2. The minimum absolute atomic E-state index is 0.142. The third-order valence-electron chi connectivity index (χ3n) is 3.20. The number of nitrogens with one attached hydrogen (secondary N) is 1. The molecule has 0 saturated carbocycles. The van der Waals surface area contributed by atoms with Gasteiger partial charge in [-0.25, -0.2) is 0 Å². The number of aromatic nitrogens is 3. The molecule has 2 aromatic heterocycles. The Morgan fingerprint density at radius 2 is 2.21 bits per heavy atom. The fourth-order valence-corrected chi connectivity index (χ4v) is 2.81. The van der Waals surface area contributed by atoms with Gasteiger partial charge in [0, 0.05) is 0 Å². The third-order valence-corrected chi connectivity index (χ3v) is 4.18. The lowest BCUT2D eigenvalue weighted by molar-refractivity contribution is -0.113. The van der Waals surface area contributed by atoms with Gasteiger partial charge in [-0.15, -0.1) is 10.2 Å². The molecule has 2 heterocycles. The summed E-state index contributed by atoms with van der Waals surface area (Å²) in [5.41, 5.74) is 0.641. The number of carbonyl (C=O) groups is 1. The third kappa shape index (κ3) is 3.96. The predicted molar refractivity (Wildman–Crippen MR) is 90.2 cm³/mol. The molecule has 1 amide bonds. The number of anilines is 1. The normalized spacial score (nSPS) is 10.5. The minimum atomic E-state index is -0.142. The summed E-state index contributed by atoms with van der Waals surface area (Å²) in [7, 11) is 1.57. The second kappa shape index (κ2) is 7.69. The molecule has 3 rings (SSSR count). The number of rotatable bonds is 7. The number of benzene rings is 1. The Balaban J connectivity index is 1.58. The first-order valence-electron chi connectivity index (χ1n) is 7.22. The van der Waals surface area contributed by atoms with Crippen molar-refractivity contribution < 1.29 is 13.9 Å². The molecular weight excluding hydrogens is 328 g/mol. The highest BCUT2D eigenvalue weighted by molar-refractivity contribution is 7.99. The maximum atomic E-state index is 12.1. The van der Waals surface area contributed by atoms with Crippen LogP contribution in [0.25, 0.3) is 0 Å². The molecule has 0 radical (unpaired) electrons. The standard InChI is InChI=1S/C16H16N4O3S/c1-22-14-7-3-2-6-13(14)18-15(21)10-24-16-19-17-11-20(16)9-12-5-4-8-23-12/h2-8,11H,9-10H2,1H3,(H,18,21). The second-order valence-corrected chi connectivity index (χ2v) is 5.80. The average molecular weight is 344 g/mol. The first-order valence-corrected chi connectivity index (χ1v) is 8.20. The lowest BCUT2D eigenvalue weighted by Crippen LogP contribution is -2.15. The summed E-state index contributed by atoms with van der Waals surface area (Å²) in [6.45, 7) is 0.524. The van der Waals surface area contributed by atoms with Crippen molar-refractivity contribution >= 4 is 23.4 Å². The highest BCUT2D eigenvalue weighted by Crippen LogP contribution is 2.24. The quantitative estimate of drug-likeness (QED) is 0.664. The fourth-order valence-electron chi connectivity index (χ4n) is 2.10. The van der Waals surface area contributed by atoms with Gasteiger partial charge in [0.1, 0.15) is 17.8 Å².